The summed E-state index contributed by atoms with van der Waals surface area (Å²) in [6.45, 7) is 3.45. The van der Waals surface area contributed by atoms with E-state index in [1.54, 1.807) is 11.3 Å². The number of carbonyl (C=O) groups is 2. The number of aryl methyl sites for hydroxylation is 1. The lowest BCUT2D eigenvalue weighted by Crippen LogP contribution is -2.12. The van der Waals surface area contributed by atoms with E-state index in [1.165, 1.54) is 11.1 Å². The molecule has 0 saturated carbocycles. The Labute approximate surface area is 153 Å². The quantitative estimate of drug-likeness (QED) is 0.581. The van der Waals surface area contributed by atoms with E-state index in [1.807, 2.05) is 17.5 Å². The van der Waals surface area contributed by atoms with Crippen molar-refractivity contribution in [3.05, 3.63) is 58.8 Å². The molecule has 0 aliphatic heterocycles. The molecule has 0 bridgehead atoms. The van der Waals surface area contributed by atoms with E-state index in [0.717, 1.165) is 11.4 Å². The first-order chi connectivity index (χ1) is 12.5. The van der Waals surface area contributed by atoms with Crippen molar-refractivity contribution < 1.29 is 24.3 Å². The molecule has 0 fully saturated rings. The molecule has 0 amide bonds. The average molecular weight is 375 g/mol. The van der Waals surface area contributed by atoms with Crippen LogP contribution in [0.4, 0.5) is 0 Å². The smallest absolute Gasteiger partial charge is 0.414 e. The van der Waals surface area contributed by atoms with Gasteiger partial charge in [-0.1, -0.05) is 41.1 Å². The van der Waals surface area contributed by atoms with Gasteiger partial charge < -0.3 is 20.1 Å². The summed E-state index contributed by atoms with van der Waals surface area (Å²) in [6.07, 6.45) is 0. The fraction of sp³-hybridized carbons (Fsp3) is 0.176. The van der Waals surface area contributed by atoms with Crippen LogP contribution in [0.2, 0.25) is 0 Å². The maximum atomic E-state index is 9.10. The zero-order valence-corrected chi connectivity index (χ0v) is 14.7. The van der Waals surface area contributed by atoms with E-state index in [0.29, 0.717) is 18.3 Å². The zero-order valence-electron chi connectivity index (χ0n) is 13.9. The molecule has 0 saturated heterocycles. The molecular formula is C17H17N3O5S. The fourth-order valence-electron chi connectivity index (χ4n) is 1.85. The van der Waals surface area contributed by atoms with E-state index in [2.05, 4.69) is 46.6 Å². The van der Waals surface area contributed by atoms with Crippen LogP contribution in [-0.2, 0) is 22.7 Å². The van der Waals surface area contributed by atoms with Crippen molar-refractivity contribution in [2.75, 3.05) is 0 Å². The molecular weight excluding hydrogens is 358 g/mol. The molecule has 1 aromatic carbocycles. The standard InChI is InChI=1S/C15H15N3OS.C2H2O4/c1-11-4-6-12(7-5-11)9-16-10-14-17-15(18-19-14)13-3-2-8-20-13;3-1(4)2(5)6/h2-8,16H,9-10H2,1H3;(H,3,4)(H,5,6). The lowest BCUT2D eigenvalue weighted by molar-refractivity contribution is -0.159. The van der Waals surface area contributed by atoms with Crippen molar-refractivity contribution in [2.45, 2.75) is 20.0 Å². The summed E-state index contributed by atoms with van der Waals surface area (Å²) >= 11 is 1.61. The lowest BCUT2D eigenvalue weighted by Gasteiger charge is -2.02. The highest BCUT2D eigenvalue weighted by atomic mass is 32.1. The predicted octanol–water partition coefficient (Wildman–Crippen LogP) is 2.55. The Morgan fingerprint density at radius 3 is 2.38 bits per heavy atom. The molecule has 2 aromatic heterocycles. The average Bonchev–Trinajstić information content (AvgIpc) is 3.28. The molecule has 0 unspecified atom stereocenters. The first-order valence-corrected chi connectivity index (χ1v) is 8.42. The minimum absolute atomic E-state index is 0.576. The Hall–Kier alpha value is -3.04. The number of hydrogen-bond acceptors (Lipinski definition) is 7. The van der Waals surface area contributed by atoms with Crippen LogP contribution in [0.1, 0.15) is 17.0 Å². The van der Waals surface area contributed by atoms with E-state index < -0.39 is 11.9 Å². The van der Waals surface area contributed by atoms with Gasteiger partial charge in [0.15, 0.2) is 0 Å². The van der Waals surface area contributed by atoms with Crippen molar-refractivity contribution in [3.8, 4) is 10.7 Å². The highest BCUT2D eigenvalue weighted by Gasteiger charge is 2.08. The number of benzene rings is 1. The van der Waals surface area contributed by atoms with Crippen LogP contribution in [0, 0.1) is 6.92 Å². The number of hydrogen-bond donors (Lipinski definition) is 3. The maximum absolute atomic E-state index is 9.10. The third-order valence-corrected chi connectivity index (χ3v) is 3.98. The van der Waals surface area contributed by atoms with E-state index >= 15 is 0 Å². The van der Waals surface area contributed by atoms with Gasteiger partial charge in [0, 0.05) is 6.54 Å². The minimum atomic E-state index is -1.82. The fourth-order valence-corrected chi connectivity index (χ4v) is 2.50. The van der Waals surface area contributed by atoms with E-state index in [9.17, 15) is 0 Å². The Morgan fingerprint density at radius 1 is 1.12 bits per heavy atom. The molecule has 26 heavy (non-hydrogen) atoms. The molecule has 0 spiro atoms. The Morgan fingerprint density at radius 2 is 1.81 bits per heavy atom. The summed E-state index contributed by atoms with van der Waals surface area (Å²) in [5.41, 5.74) is 2.51. The largest absolute Gasteiger partial charge is 0.473 e. The third-order valence-electron chi connectivity index (χ3n) is 3.12. The highest BCUT2D eigenvalue weighted by Crippen LogP contribution is 2.21. The monoisotopic (exact) mass is 375 g/mol. The summed E-state index contributed by atoms with van der Waals surface area (Å²) in [7, 11) is 0. The number of aromatic nitrogens is 2. The lowest BCUT2D eigenvalue weighted by atomic mass is 10.1. The molecule has 0 atom stereocenters. The molecule has 0 radical (unpaired) electrons. The van der Waals surface area contributed by atoms with Gasteiger partial charge in [-0.3, -0.25) is 0 Å². The summed E-state index contributed by atoms with van der Waals surface area (Å²) in [4.78, 5) is 23.6. The van der Waals surface area contributed by atoms with Crippen LogP contribution in [0.5, 0.6) is 0 Å². The van der Waals surface area contributed by atoms with Gasteiger partial charge in [-0.25, -0.2) is 9.59 Å². The van der Waals surface area contributed by atoms with Gasteiger partial charge in [0.05, 0.1) is 11.4 Å². The number of carboxylic acid groups (broad SMARTS) is 2. The molecule has 8 nitrogen and oxygen atoms in total. The van der Waals surface area contributed by atoms with E-state index in [-0.39, 0.29) is 0 Å². The molecule has 0 aliphatic carbocycles. The number of carboxylic acids is 2. The van der Waals surface area contributed by atoms with Gasteiger partial charge in [-0.05, 0) is 23.9 Å². The predicted molar refractivity (Wildman–Crippen MR) is 94.6 cm³/mol. The van der Waals surface area contributed by atoms with Crippen LogP contribution in [0.25, 0.3) is 10.7 Å². The Bertz CT molecular complexity index is 832. The van der Waals surface area contributed by atoms with Gasteiger partial charge in [-0.15, -0.1) is 11.3 Å². The SMILES string of the molecule is Cc1ccc(CNCc2nc(-c3cccs3)no2)cc1.O=C(O)C(=O)O. The normalized spacial score (nSPS) is 10.0. The molecule has 0 aliphatic rings. The second kappa shape index (κ2) is 9.44. The Kier molecular flexibility index (Phi) is 7.01. The first kappa shape index (κ1) is 19.3. The minimum Gasteiger partial charge on any atom is -0.473 e. The van der Waals surface area contributed by atoms with Crippen molar-refractivity contribution in [1.29, 1.82) is 0 Å². The van der Waals surface area contributed by atoms with Crippen molar-refractivity contribution in [3.63, 3.8) is 0 Å². The van der Waals surface area contributed by atoms with Crippen LogP contribution in [-0.4, -0.2) is 32.3 Å². The topological polar surface area (TPSA) is 126 Å². The van der Waals surface area contributed by atoms with Gasteiger partial charge in [-0.2, -0.15) is 4.98 Å². The van der Waals surface area contributed by atoms with Crippen LogP contribution in [0.3, 0.4) is 0 Å². The first-order valence-electron chi connectivity index (χ1n) is 7.54. The molecule has 136 valence electrons. The Balaban J connectivity index is 0.000000352. The van der Waals surface area contributed by atoms with Crippen LogP contribution >= 0.6 is 11.3 Å². The second-order valence-electron chi connectivity index (χ2n) is 5.19. The third kappa shape index (κ3) is 6.11. The van der Waals surface area contributed by atoms with Gasteiger partial charge >= 0.3 is 11.9 Å². The van der Waals surface area contributed by atoms with Crippen LogP contribution < -0.4 is 5.32 Å². The number of nitrogens with one attached hydrogen (secondary N) is 1. The summed E-state index contributed by atoms with van der Waals surface area (Å²) in [6, 6.07) is 12.4. The zero-order chi connectivity index (χ0) is 18.9. The molecule has 3 rings (SSSR count). The van der Waals surface area contributed by atoms with Crippen LogP contribution in [0.15, 0.2) is 46.3 Å². The van der Waals surface area contributed by atoms with Gasteiger partial charge in [0.2, 0.25) is 11.7 Å². The number of aliphatic carboxylic acids is 2. The molecule has 3 N–H and O–H groups in total. The highest BCUT2D eigenvalue weighted by molar-refractivity contribution is 7.13. The molecule has 3 aromatic rings. The number of nitrogens with zero attached hydrogens (tertiary/aromatic N) is 2. The van der Waals surface area contributed by atoms with Crippen molar-refractivity contribution >= 4 is 23.3 Å². The van der Waals surface area contributed by atoms with Crippen molar-refractivity contribution in [2.24, 2.45) is 0 Å². The summed E-state index contributed by atoms with van der Waals surface area (Å²) in [5, 5.41) is 24.1. The summed E-state index contributed by atoms with van der Waals surface area (Å²) in [5.74, 6) is -2.38. The number of thiophene rings is 1. The van der Waals surface area contributed by atoms with Gasteiger partial charge in [0.1, 0.15) is 0 Å². The van der Waals surface area contributed by atoms with Crippen molar-refractivity contribution in [1.82, 2.24) is 15.5 Å². The van der Waals surface area contributed by atoms with Gasteiger partial charge in [0.25, 0.3) is 0 Å². The maximum Gasteiger partial charge on any atom is 0.414 e. The number of rotatable bonds is 5. The summed E-state index contributed by atoms with van der Waals surface area (Å²) < 4.78 is 5.23. The molecule has 9 heteroatoms. The second-order valence-corrected chi connectivity index (χ2v) is 6.14. The molecule has 2 heterocycles. The van der Waals surface area contributed by atoms with E-state index in [4.69, 9.17) is 24.3 Å².